The molecular weight excluding hydrogens is 390 g/mol. The highest BCUT2D eigenvalue weighted by Crippen LogP contribution is 2.14. The second kappa shape index (κ2) is 9.04. The van der Waals surface area contributed by atoms with Crippen LogP contribution < -0.4 is 5.32 Å². The zero-order chi connectivity index (χ0) is 21.6. The molecule has 0 radical (unpaired) electrons. The van der Waals surface area contributed by atoms with Gasteiger partial charge in [0, 0.05) is 42.8 Å². The summed E-state index contributed by atoms with van der Waals surface area (Å²) in [5, 5.41) is 7.14. The highest BCUT2D eigenvalue weighted by molar-refractivity contribution is 6.03. The summed E-state index contributed by atoms with van der Waals surface area (Å²) < 4.78 is 1.78. The van der Waals surface area contributed by atoms with Gasteiger partial charge in [-0.2, -0.15) is 5.10 Å². The quantitative estimate of drug-likeness (QED) is 0.523. The number of pyridine rings is 1. The smallest absolute Gasteiger partial charge is 0.274 e. The van der Waals surface area contributed by atoms with Crippen LogP contribution in [-0.4, -0.2) is 38.5 Å². The normalized spacial score (nSPS) is 10.5. The molecule has 4 rings (SSSR count). The molecule has 2 amide bonds. The molecule has 0 fully saturated rings. The minimum Gasteiger partial charge on any atom is -0.337 e. The third-order valence-electron chi connectivity index (χ3n) is 4.71. The number of benzene rings is 2. The predicted molar refractivity (Wildman–Crippen MR) is 118 cm³/mol. The third kappa shape index (κ3) is 4.84. The molecule has 154 valence electrons. The van der Waals surface area contributed by atoms with E-state index in [1.807, 2.05) is 36.5 Å². The van der Waals surface area contributed by atoms with Crippen molar-refractivity contribution in [1.29, 1.82) is 0 Å². The number of amides is 2. The van der Waals surface area contributed by atoms with Gasteiger partial charge in [-0.15, -0.1) is 0 Å². The molecule has 2 aromatic carbocycles. The van der Waals surface area contributed by atoms with E-state index in [-0.39, 0.29) is 11.8 Å². The van der Waals surface area contributed by atoms with E-state index in [1.165, 1.54) is 0 Å². The van der Waals surface area contributed by atoms with Gasteiger partial charge in [0.05, 0.1) is 11.9 Å². The SMILES string of the molecule is CN(Cc1cnn(-c2ccccc2)c1)C(=O)c1ccc(NC(=O)c2ccccn2)cc1. The Bertz CT molecular complexity index is 1170. The van der Waals surface area contributed by atoms with Crippen LogP contribution in [0.15, 0.2) is 91.4 Å². The van der Waals surface area contributed by atoms with Crippen LogP contribution in [0, 0.1) is 0 Å². The number of nitrogens with zero attached hydrogens (tertiary/aromatic N) is 4. The molecule has 7 heteroatoms. The molecule has 2 heterocycles. The number of aromatic nitrogens is 3. The van der Waals surface area contributed by atoms with Gasteiger partial charge in [0.1, 0.15) is 5.69 Å². The van der Waals surface area contributed by atoms with Crippen molar-refractivity contribution in [3.8, 4) is 5.69 Å². The van der Waals surface area contributed by atoms with E-state index >= 15 is 0 Å². The number of carbonyl (C=O) groups is 2. The number of rotatable bonds is 6. The molecule has 4 aromatic rings. The predicted octanol–water partition coefficient (Wildman–Crippen LogP) is 3.79. The molecule has 0 atom stereocenters. The van der Waals surface area contributed by atoms with Crippen molar-refractivity contribution in [3.63, 3.8) is 0 Å². The minimum atomic E-state index is -0.299. The number of nitrogens with one attached hydrogen (secondary N) is 1. The van der Waals surface area contributed by atoms with E-state index in [0.29, 0.717) is 23.5 Å². The molecule has 0 saturated heterocycles. The standard InChI is InChI=1S/C24H21N5O2/c1-28(16-18-15-26-29(17-18)21-7-3-2-4-8-21)24(31)19-10-12-20(13-11-19)27-23(30)22-9-5-6-14-25-22/h2-15,17H,16H2,1H3,(H,27,30). The van der Waals surface area contributed by atoms with Gasteiger partial charge in [-0.05, 0) is 48.5 Å². The van der Waals surface area contributed by atoms with Crippen LogP contribution >= 0.6 is 0 Å². The van der Waals surface area contributed by atoms with E-state index < -0.39 is 0 Å². The third-order valence-corrected chi connectivity index (χ3v) is 4.71. The van der Waals surface area contributed by atoms with Gasteiger partial charge < -0.3 is 10.2 Å². The molecule has 7 nitrogen and oxygen atoms in total. The Balaban J connectivity index is 1.38. The summed E-state index contributed by atoms with van der Waals surface area (Å²) in [6.45, 7) is 0.434. The van der Waals surface area contributed by atoms with Crippen molar-refractivity contribution < 1.29 is 9.59 Å². The fourth-order valence-corrected chi connectivity index (χ4v) is 3.12. The number of para-hydroxylation sites is 1. The lowest BCUT2D eigenvalue weighted by Gasteiger charge is -2.16. The molecular formula is C24H21N5O2. The van der Waals surface area contributed by atoms with E-state index in [0.717, 1.165) is 11.3 Å². The van der Waals surface area contributed by atoms with Crippen molar-refractivity contribution in [2.24, 2.45) is 0 Å². The van der Waals surface area contributed by atoms with E-state index in [9.17, 15) is 9.59 Å². The van der Waals surface area contributed by atoms with Crippen LogP contribution in [0.25, 0.3) is 5.69 Å². The molecule has 0 unspecified atom stereocenters. The van der Waals surface area contributed by atoms with E-state index in [1.54, 1.807) is 71.5 Å². The van der Waals surface area contributed by atoms with Crippen molar-refractivity contribution in [2.75, 3.05) is 12.4 Å². The van der Waals surface area contributed by atoms with Crippen molar-refractivity contribution >= 4 is 17.5 Å². The van der Waals surface area contributed by atoms with Crippen molar-refractivity contribution in [2.45, 2.75) is 6.54 Å². The summed E-state index contributed by atoms with van der Waals surface area (Å²) in [6.07, 6.45) is 5.23. The Morgan fingerprint density at radius 3 is 2.42 bits per heavy atom. The number of hydrogen-bond acceptors (Lipinski definition) is 4. The Hall–Kier alpha value is -4.26. The first kappa shape index (κ1) is 20.0. The average Bonchev–Trinajstić information content (AvgIpc) is 3.28. The Kier molecular flexibility index (Phi) is 5.84. The van der Waals surface area contributed by atoms with Crippen LogP contribution in [0.2, 0.25) is 0 Å². The maximum atomic E-state index is 12.8. The second-order valence-electron chi connectivity index (χ2n) is 7.04. The van der Waals surface area contributed by atoms with Gasteiger partial charge in [-0.1, -0.05) is 24.3 Å². The van der Waals surface area contributed by atoms with E-state index in [4.69, 9.17) is 0 Å². The van der Waals surface area contributed by atoms with Crippen LogP contribution in [0.4, 0.5) is 5.69 Å². The monoisotopic (exact) mass is 411 g/mol. The van der Waals surface area contributed by atoms with Gasteiger partial charge in [0.25, 0.3) is 11.8 Å². The summed E-state index contributed by atoms with van der Waals surface area (Å²) >= 11 is 0. The average molecular weight is 411 g/mol. The highest BCUT2D eigenvalue weighted by atomic mass is 16.2. The zero-order valence-corrected chi connectivity index (χ0v) is 17.0. The summed E-state index contributed by atoms with van der Waals surface area (Å²) in [7, 11) is 1.75. The zero-order valence-electron chi connectivity index (χ0n) is 17.0. The molecule has 0 aliphatic carbocycles. The van der Waals surface area contributed by atoms with Gasteiger partial charge in [-0.3, -0.25) is 14.6 Å². The van der Waals surface area contributed by atoms with Gasteiger partial charge in [0.2, 0.25) is 0 Å². The first-order chi connectivity index (χ1) is 15.1. The first-order valence-electron chi connectivity index (χ1n) is 9.77. The molecule has 2 aromatic heterocycles. The molecule has 31 heavy (non-hydrogen) atoms. The summed E-state index contributed by atoms with van der Waals surface area (Å²) in [6, 6.07) is 21.7. The van der Waals surface area contributed by atoms with Gasteiger partial charge >= 0.3 is 0 Å². The molecule has 1 N–H and O–H groups in total. The maximum Gasteiger partial charge on any atom is 0.274 e. The summed E-state index contributed by atoms with van der Waals surface area (Å²) in [4.78, 5) is 30.6. The molecule has 0 saturated carbocycles. The minimum absolute atomic E-state index is 0.116. The first-order valence-corrected chi connectivity index (χ1v) is 9.77. The number of hydrogen-bond donors (Lipinski definition) is 1. The summed E-state index contributed by atoms with van der Waals surface area (Å²) in [5.74, 6) is -0.415. The topological polar surface area (TPSA) is 80.1 Å². The van der Waals surface area contributed by atoms with Gasteiger partial charge in [-0.25, -0.2) is 4.68 Å². The maximum absolute atomic E-state index is 12.8. The molecule has 0 aliphatic heterocycles. The van der Waals surface area contributed by atoms with Crippen LogP contribution in [0.1, 0.15) is 26.4 Å². The van der Waals surface area contributed by atoms with Crippen LogP contribution in [0.5, 0.6) is 0 Å². The van der Waals surface area contributed by atoms with Crippen molar-refractivity contribution in [1.82, 2.24) is 19.7 Å². The largest absolute Gasteiger partial charge is 0.337 e. The number of anilines is 1. The lowest BCUT2D eigenvalue weighted by Crippen LogP contribution is -2.26. The van der Waals surface area contributed by atoms with Crippen LogP contribution in [0.3, 0.4) is 0 Å². The fraction of sp³-hybridized carbons (Fsp3) is 0.0833. The second-order valence-corrected chi connectivity index (χ2v) is 7.04. The number of carbonyl (C=O) groups excluding carboxylic acids is 2. The fourth-order valence-electron chi connectivity index (χ4n) is 3.12. The highest BCUT2D eigenvalue weighted by Gasteiger charge is 2.14. The van der Waals surface area contributed by atoms with Crippen molar-refractivity contribution in [3.05, 3.63) is 108 Å². The Morgan fingerprint density at radius 2 is 1.71 bits per heavy atom. The lowest BCUT2D eigenvalue weighted by atomic mass is 10.1. The van der Waals surface area contributed by atoms with Gasteiger partial charge in [0.15, 0.2) is 0 Å². The molecule has 0 aliphatic rings. The Labute approximate surface area is 180 Å². The van der Waals surface area contributed by atoms with E-state index in [2.05, 4.69) is 15.4 Å². The Morgan fingerprint density at radius 1 is 0.968 bits per heavy atom. The van der Waals surface area contributed by atoms with Crippen LogP contribution in [-0.2, 0) is 6.54 Å². The lowest BCUT2D eigenvalue weighted by molar-refractivity contribution is 0.0785. The summed E-state index contributed by atoms with van der Waals surface area (Å²) in [5.41, 5.74) is 3.36. The molecule has 0 spiro atoms. The molecule has 0 bridgehead atoms.